The zero-order valence-corrected chi connectivity index (χ0v) is 12.5. The summed E-state index contributed by atoms with van der Waals surface area (Å²) in [6.07, 6.45) is 2.12. The number of hydrogen-bond donors (Lipinski definition) is 2. The highest BCUT2D eigenvalue weighted by Crippen LogP contribution is 1.97. The summed E-state index contributed by atoms with van der Waals surface area (Å²) < 4.78 is 0. The maximum atomic E-state index is 11.1. The maximum absolute atomic E-state index is 11.1. The van der Waals surface area contributed by atoms with Crippen LogP contribution in [0.15, 0.2) is 5.29 Å². The molecule has 6 nitrogen and oxygen atoms in total. The molecular formula is C12H28N4O2. The van der Waals surface area contributed by atoms with E-state index in [1.165, 1.54) is 0 Å². The van der Waals surface area contributed by atoms with E-state index in [2.05, 4.69) is 23.0 Å². The molecule has 0 atom stereocenters. The summed E-state index contributed by atoms with van der Waals surface area (Å²) in [5, 5.41) is 5.34. The minimum atomic E-state index is -0.118. The molecule has 0 radical (unpaired) electrons. The monoisotopic (exact) mass is 260 g/mol. The van der Waals surface area contributed by atoms with E-state index in [0.29, 0.717) is 13.1 Å². The van der Waals surface area contributed by atoms with Crippen molar-refractivity contribution in [1.82, 2.24) is 15.6 Å². The molecule has 0 unspecified atom stereocenters. The molecule has 1 amide bonds. The first-order chi connectivity index (χ1) is 8.22. The molecule has 2 N–H and O–H groups in total. The number of nitroso groups, excluding NO2 is 1. The van der Waals surface area contributed by atoms with E-state index >= 15 is 0 Å². The highest BCUT2D eigenvalue weighted by Gasteiger charge is 2.13. The Balaban J connectivity index is 0. The molecule has 18 heavy (non-hydrogen) atoms. The predicted octanol–water partition coefficient (Wildman–Crippen LogP) is 1.52. The summed E-state index contributed by atoms with van der Waals surface area (Å²) >= 11 is 0. The second-order valence-electron chi connectivity index (χ2n) is 5.39. The molecule has 0 saturated heterocycles. The van der Waals surface area contributed by atoms with Gasteiger partial charge in [0.1, 0.15) is 0 Å². The van der Waals surface area contributed by atoms with Gasteiger partial charge < -0.3 is 10.2 Å². The Kier molecular flexibility index (Phi) is 11.7. The standard InChI is InChI=1S/C8H18N2O.C4H10N2O/c1-8(2,3)9-7(11)6-10(4)5;1-2-3-4-5-6-7/h6H2,1-5H3,(H,9,11);2-4H2,1H3,(H,5,7). The van der Waals surface area contributed by atoms with Gasteiger partial charge in [-0.05, 0) is 41.3 Å². The lowest BCUT2D eigenvalue weighted by molar-refractivity contribution is -0.123. The molecule has 108 valence electrons. The molecule has 0 heterocycles. The van der Waals surface area contributed by atoms with Gasteiger partial charge in [-0.15, -0.1) is 4.91 Å². The molecule has 0 saturated carbocycles. The lowest BCUT2D eigenvalue weighted by Gasteiger charge is -2.21. The van der Waals surface area contributed by atoms with E-state index < -0.39 is 0 Å². The van der Waals surface area contributed by atoms with Crippen LogP contribution in [0.3, 0.4) is 0 Å². The normalized spacial score (nSPS) is 10.4. The summed E-state index contributed by atoms with van der Waals surface area (Å²) in [6.45, 7) is 9.14. The SMILES string of the molecule is CCCCNN=O.CN(C)CC(=O)NC(C)(C)C. The lowest BCUT2D eigenvalue weighted by atomic mass is 10.1. The van der Waals surface area contributed by atoms with Crippen LogP contribution in [0.4, 0.5) is 0 Å². The summed E-state index contributed by atoms with van der Waals surface area (Å²) in [4.78, 5) is 22.3. The summed E-state index contributed by atoms with van der Waals surface area (Å²) in [5.41, 5.74) is 2.20. The van der Waals surface area contributed by atoms with Crippen molar-refractivity contribution in [2.24, 2.45) is 5.29 Å². The number of nitrogens with zero attached hydrogens (tertiary/aromatic N) is 2. The van der Waals surface area contributed by atoms with Crippen LogP contribution in [0, 0.1) is 4.91 Å². The fourth-order valence-corrected chi connectivity index (χ4v) is 1.05. The Bertz CT molecular complexity index is 225. The molecule has 6 heteroatoms. The number of carbonyl (C=O) groups is 1. The maximum Gasteiger partial charge on any atom is 0.234 e. The van der Waals surface area contributed by atoms with Gasteiger partial charge in [-0.2, -0.15) is 0 Å². The first-order valence-electron chi connectivity index (χ1n) is 6.24. The Morgan fingerprint density at radius 2 is 1.83 bits per heavy atom. The average molecular weight is 260 g/mol. The molecular weight excluding hydrogens is 232 g/mol. The van der Waals surface area contributed by atoms with E-state index in [-0.39, 0.29) is 11.4 Å². The largest absolute Gasteiger partial charge is 0.350 e. The zero-order chi connectivity index (χ0) is 14.6. The molecule has 0 aliphatic heterocycles. The van der Waals surface area contributed by atoms with Gasteiger partial charge >= 0.3 is 0 Å². The van der Waals surface area contributed by atoms with Gasteiger partial charge in [-0.1, -0.05) is 13.3 Å². The van der Waals surface area contributed by atoms with Gasteiger partial charge in [-0.25, -0.2) is 0 Å². The van der Waals surface area contributed by atoms with Crippen LogP contribution in [0.5, 0.6) is 0 Å². The molecule has 0 aromatic carbocycles. The van der Waals surface area contributed by atoms with E-state index in [9.17, 15) is 9.70 Å². The van der Waals surface area contributed by atoms with Crippen molar-refractivity contribution >= 4 is 5.91 Å². The summed E-state index contributed by atoms with van der Waals surface area (Å²) in [5.74, 6) is 0.0718. The minimum Gasteiger partial charge on any atom is -0.350 e. The average Bonchev–Trinajstić information content (AvgIpc) is 2.15. The van der Waals surface area contributed by atoms with Gasteiger partial charge in [0.25, 0.3) is 0 Å². The van der Waals surface area contributed by atoms with Crippen molar-refractivity contribution in [3.8, 4) is 0 Å². The van der Waals surface area contributed by atoms with Gasteiger partial charge in [0.2, 0.25) is 5.91 Å². The van der Waals surface area contributed by atoms with Gasteiger partial charge in [0.05, 0.1) is 6.54 Å². The zero-order valence-electron chi connectivity index (χ0n) is 12.5. The van der Waals surface area contributed by atoms with Crippen molar-refractivity contribution in [2.75, 3.05) is 27.2 Å². The number of rotatable bonds is 6. The molecule has 0 aromatic heterocycles. The van der Waals surface area contributed by atoms with E-state index in [1.54, 1.807) is 0 Å². The van der Waals surface area contributed by atoms with Gasteiger partial charge in [0.15, 0.2) is 0 Å². The van der Waals surface area contributed by atoms with Crippen LogP contribution in [0.2, 0.25) is 0 Å². The third-order valence-electron chi connectivity index (χ3n) is 1.68. The fourth-order valence-electron chi connectivity index (χ4n) is 1.05. The summed E-state index contributed by atoms with van der Waals surface area (Å²) in [6, 6.07) is 0. The fraction of sp³-hybridized carbons (Fsp3) is 0.917. The molecule has 0 spiro atoms. The number of hydrogen-bond acceptors (Lipinski definition) is 4. The topological polar surface area (TPSA) is 73.8 Å². The second kappa shape index (κ2) is 11.0. The number of carbonyl (C=O) groups excluding carboxylic acids is 1. The van der Waals surface area contributed by atoms with E-state index in [0.717, 1.165) is 12.8 Å². The molecule has 0 aromatic rings. The van der Waals surface area contributed by atoms with Crippen molar-refractivity contribution < 1.29 is 4.79 Å². The van der Waals surface area contributed by atoms with Crippen molar-refractivity contribution in [2.45, 2.75) is 46.1 Å². The highest BCUT2D eigenvalue weighted by molar-refractivity contribution is 5.78. The Morgan fingerprint density at radius 1 is 1.28 bits per heavy atom. The number of likely N-dealkylation sites (N-methyl/N-ethyl adjacent to an activating group) is 1. The predicted molar refractivity (Wildman–Crippen MR) is 75.2 cm³/mol. The van der Waals surface area contributed by atoms with Crippen LogP contribution >= 0.6 is 0 Å². The van der Waals surface area contributed by atoms with Crippen molar-refractivity contribution in [3.05, 3.63) is 4.91 Å². The smallest absolute Gasteiger partial charge is 0.234 e. The molecule has 0 aliphatic carbocycles. The number of unbranched alkanes of at least 4 members (excludes halogenated alkanes) is 1. The van der Waals surface area contributed by atoms with Gasteiger partial charge in [0, 0.05) is 17.4 Å². The van der Waals surface area contributed by atoms with Gasteiger partial charge in [-0.3, -0.25) is 10.2 Å². The van der Waals surface area contributed by atoms with Crippen LogP contribution in [0.25, 0.3) is 0 Å². The Morgan fingerprint density at radius 3 is 2.17 bits per heavy atom. The Labute approximate surface area is 110 Å². The number of nitrogens with one attached hydrogen (secondary N) is 2. The van der Waals surface area contributed by atoms with Crippen molar-refractivity contribution in [3.63, 3.8) is 0 Å². The van der Waals surface area contributed by atoms with Crippen molar-refractivity contribution in [1.29, 1.82) is 0 Å². The minimum absolute atomic E-state index is 0.0718. The van der Waals surface area contributed by atoms with E-state index in [1.807, 2.05) is 39.8 Å². The quantitative estimate of drug-likeness (QED) is 0.431. The molecule has 0 fully saturated rings. The molecule has 0 aliphatic rings. The van der Waals surface area contributed by atoms with Crippen LogP contribution in [-0.4, -0.2) is 43.5 Å². The molecule has 0 rings (SSSR count). The van der Waals surface area contributed by atoms with Crippen LogP contribution in [-0.2, 0) is 4.79 Å². The van der Waals surface area contributed by atoms with Crippen LogP contribution in [0.1, 0.15) is 40.5 Å². The highest BCUT2D eigenvalue weighted by atomic mass is 16.3. The lowest BCUT2D eigenvalue weighted by Crippen LogP contribution is -2.44. The number of amides is 1. The second-order valence-corrected chi connectivity index (χ2v) is 5.39. The molecule has 0 bridgehead atoms. The summed E-state index contributed by atoms with van der Waals surface area (Å²) in [7, 11) is 3.75. The first kappa shape index (κ1) is 19.2. The Hall–Kier alpha value is -1.17. The first-order valence-corrected chi connectivity index (χ1v) is 6.24. The third kappa shape index (κ3) is 20.3. The van der Waals surface area contributed by atoms with Crippen LogP contribution < -0.4 is 10.7 Å². The van der Waals surface area contributed by atoms with E-state index in [4.69, 9.17) is 0 Å². The third-order valence-corrected chi connectivity index (χ3v) is 1.68.